The van der Waals surface area contributed by atoms with Crippen LogP contribution in [0.3, 0.4) is 0 Å². The van der Waals surface area contributed by atoms with Crippen LogP contribution in [0.25, 0.3) is 0 Å². The first-order chi connectivity index (χ1) is 7.40. The largest absolute Gasteiger partial charge is 0.329 e. The van der Waals surface area contributed by atoms with Gasteiger partial charge in [-0.3, -0.25) is 0 Å². The molecule has 1 aromatic rings. The summed E-state index contributed by atoms with van der Waals surface area (Å²) >= 11 is 0. The highest BCUT2D eigenvalue weighted by molar-refractivity contribution is 5.14. The predicted octanol–water partition coefficient (Wildman–Crippen LogP) is 1.56. The molecule has 15 heavy (non-hydrogen) atoms. The minimum Gasteiger partial charge on any atom is -0.329 e. The lowest BCUT2D eigenvalue weighted by molar-refractivity contribution is 0.473. The summed E-state index contributed by atoms with van der Waals surface area (Å²) in [5.41, 5.74) is 7.13. The van der Waals surface area contributed by atoms with E-state index in [9.17, 15) is 0 Å². The lowest BCUT2D eigenvalue weighted by Crippen LogP contribution is -2.38. The highest BCUT2D eigenvalue weighted by Crippen LogP contribution is 2.32. The van der Waals surface area contributed by atoms with Gasteiger partial charge in [0.25, 0.3) is 0 Å². The third-order valence-corrected chi connectivity index (χ3v) is 3.11. The second-order valence-corrected chi connectivity index (χ2v) is 4.37. The van der Waals surface area contributed by atoms with Gasteiger partial charge in [0.1, 0.15) is 0 Å². The summed E-state index contributed by atoms with van der Waals surface area (Å²) < 4.78 is 0. The van der Waals surface area contributed by atoms with E-state index in [1.54, 1.807) is 0 Å². The Hall–Kier alpha value is -0.860. The van der Waals surface area contributed by atoms with Gasteiger partial charge in [-0.05, 0) is 37.3 Å². The van der Waals surface area contributed by atoms with Crippen molar-refractivity contribution in [1.29, 1.82) is 0 Å². The topological polar surface area (TPSA) is 38.0 Å². The highest BCUT2D eigenvalue weighted by atomic mass is 14.9. The van der Waals surface area contributed by atoms with Gasteiger partial charge in [0, 0.05) is 12.6 Å². The van der Waals surface area contributed by atoms with E-state index in [0.29, 0.717) is 6.04 Å². The van der Waals surface area contributed by atoms with Crippen molar-refractivity contribution in [3.05, 3.63) is 35.9 Å². The molecule has 0 bridgehead atoms. The maximum atomic E-state index is 5.73. The molecule has 2 nitrogen and oxygen atoms in total. The quantitative estimate of drug-likeness (QED) is 0.738. The first-order valence-corrected chi connectivity index (χ1v) is 5.87. The number of benzene rings is 1. The monoisotopic (exact) mass is 204 g/mol. The molecule has 2 rings (SSSR count). The summed E-state index contributed by atoms with van der Waals surface area (Å²) in [6, 6.07) is 11.2. The molecular formula is C13H20N2. The van der Waals surface area contributed by atoms with E-state index in [-0.39, 0.29) is 0 Å². The maximum absolute atomic E-state index is 5.73. The van der Waals surface area contributed by atoms with Gasteiger partial charge in [0.15, 0.2) is 0 Å². The van der Waals surface area contributed by atoms with Crippen molar-refractivity contribution in [1.82, 2.24) is 5.32 Å². The van der Waals surface area contributed by atoms with Crippen LogP contribution in [-0.2, 0) is 6.42 Å². The molecule has 1 fully saturated rings. The lowest BCUT2D eigenvalue weighted by Gasteiger charge is -2.15. The molecular weight excluding hydrogens is 184 g/mol. The van der Waals surface area contributed by atoms with Crippen LogP contribution in [0.15, 0.2) is 30.3 Å². The molecule has 2 heteroatoms. The number of hydrogen-bond acceptors (Lipinski definition) is 2. The summed E-state index contributed by atoms with van der Waals surface area (Å²) in [6.45, 7) is 1.82. The highest BCUT2D eigenvalue weighted by Gasteiger charge is 2.29. The first kappa shape index (κ1) is 10.7. The SMILES string of the molecule is NCC(NCCc1ccccc1)C1CC1. The standard InChI is InChI=1S/C13H20N2/c14-10-13(12-6-7-12)15-9-8-11-4-2-1-3-5-11/h1-5,12-13,15H,6-10,14H2. The summed E-state index contributed by atoms with van der Waals surface area (Å²) in [5, 5.41) is 3.55. The molecule has 0 amide bonds. The van der Waals surface area contributed by atoms with E-state index >= 15 is 0 Å². The fourth-order valence-electron chi connectivity index (χ4n) is 1.99. The molecule has 1 unspecified atom stereocenters. The molecule has 0 aliphatic heterocycles. The molecule has 0 aromatic heterocycles. The third-order valence-electron chi connectivity index (χ3n) is 3.11. The zero-order valence-corrected chi connectivity index (χ0v) is 9.15. The zero-order valence-electron chi connectivity index (χ0n) is 9.15. The molecule has 1 aliphatic rings. The fourth-order valence-corrected chi connectivity index (χ4v) is 1.99. The van der Waals surface area contributed by atoms with E-state index in [1.165, 1.54) is 18.4 Å². The van der Waals surface area contributed by atoms with Gasteiger partial charge >= 0.3 is 0 Å². The Kier molecular flexibility index (Phi) is 3.75. The third kappa shape index (κ3) is 3.33. The summed E-state index contributed by atoms with van der Waals surface area (Å²) in [6.07, 6.45) is 3.82. The Morgan fingerprint density at radius 1 is 1.27 bits per heavy atom. The Bertz CT molecular complexity index is 280. The number of rotatable bonds is 6. The molecule has 1 aliphatic carbocycles. The van der Waals surface area contributed by atoms with Crippen molar-refractivity contribution < 1.29 is 0 Å². The number of nitrogens with one attached hydrogen (secondary N) is 1. The van der Waals surface area contributed by atoms with E-state index < -0.39 is 0 Å². The molecule has 1 atom stereocenters. The smallest absolute Gasteiger partial charge is 0.0218 e. The number of nitrogens with two attached hydrogens (primary N) is 1. The first-order valence-electron chi connectivity index (χ1n) is 5.87. The minimum absolute atomic E-state index is 0.550. The van der Waals surface area contributed by atoms with Gasteiger partial charge in [0.2, 0.25) is 0 Å². The summed E-state index contributed by atoms with van der Waals surface area (Å²) in [7, 11) is 0. The van der Waals surface area contributed by atoms with Crippen molar-refractivity contribution in [3.8, 4) is 0 Å². The van der Waals surface area contributed by atoms with Gasteiger partial charge in [-0.25, -0.2) is 0 Å². The lowest BCUT2D eigenvalue weighted by atomic mass is 10.1. The van der Waals surface area contributed by atoms with Crippen LogP contribution < -0.4 is 11.1 Å². The summed E-state index contributed by atoms with van der Waals surface area (Å²) in [5.74, 6) is 0.853. The van der Waals surface area contributed by atoms with E-state index in [4.69, 9.17) is 5.73 Å². The van der Waals surface area contributed by atoms with Crippen molar-refractivity contribution in [2.45, 2.75) is 25.3 Å². The Balaban J connectivity index is 1.69. The zero-order chi connectivity index (χ0) is 10.5. The molecule has 1 aromatic carbocycles. The molecule has 0 spiro atoms. The second-order valence-electron chi connectivity index (χ2n) is 4.37. The van der Waals surface area contributed by atoms with E-state index in [2.05, 4.69) is 35.6 Å². The second kappa shape index (κ2) is 5.29. The van der Waals surface area contributed by atoms with Crippen LogP contribution in [-0.4, -0.2) is 19.1 Å². The van der Waals surface area contributed by atoms with E-state index in [1.807, 2.05) is 0 Å². The van der Waals surface area contributed by atoms with Crippen molar-refractivity contribution in [2.24, 2.45) is 11.7 Å². The number of hydrogen-bond donors (Lipinski definition) is 2. The van der Waals surface area contributed by atoms with Crippen molar-refractivity contribution >= 4 is 0 Å². The minimum atomic E-state index is 0.550. The van der Waals surface area contributed by atoms with Crippen LogP contribution in [0.4, 0.5) is 0 Å². The molecule has 0 heterocycles. The van der Waals surface area contributed by atoms with Crippen LogP contribution in [0.1, 0.15) is 18.4 Å². The van der Waals surface area contributed by atoms with Gasteiger partial charge in [-0.2, -0.15) is 0 Å². The molecule has 3 N–H and O–H groups in total. The molecule has 0 radical (unpaired) electrons. The van der Waals surface area contributed by atoms with Crippen LogP contribution >= 0.6 is 0 Å². The van der Waals surface area contributed by atoms with Gasteiger partial charge in [0.05, 0.1) is 0 Å². The molecule has 82 valence electrons. The Morgan fingerprint density at radius 3 is 2.60 bits per heavy atom. The van der Waals surface area contributed by atoms with Crippen LogP contribution in [0, 0.1) is 5.92 Å². The average molecular weight is 204 g/mol. The maximum Gasteiger partial charge on any atom is 0.0218 e. The normalized spacial score (nSPS) is 17.7. The summed E-state index contributed by atoms with van der Waals surface area (Å²) in [4.78, 5) is 0. The van der Waals surface area contributed by atoms with Gasteiger partial charge in [-0.15, -0.1) is 0 Å². The Labute approximate surface area is 91.9 Å². The van der Waals surface area contributed by atoms with Gasteiger partial charge < -0.3 is 11.1 Å². The molecule has 0 saturated heterocycles. The average Bonchev–Trinajstić information content (AvgIpc) is 3.10. The predicted molar refractivity (Wildman–Crippen MR) is 63.7 cm³/mol. The van der Waals surface area contributed by atoms with Gasteiger partial charge in [-0.1, -0.05) is 30.3 Å². The van der Waals surface area contributed by atoms with Crippen molar-refractivity contribution in [2.75, 3.05) is 13.1 Å². The molecule has 1 saturated carbocycles. The fraction of sp³-hybridized carbons (Fsp3) is 0.538. The van der Waals surface area contributed by atoms with Crippen LogP contribution in [0.5, 0.6) is 0 Å². The van der Waals surface area contributed by atoms with E-state index in [0.717, 1.165) is 25.4 Å². The van der Waals surface area contributed by atoms with Crippen LogP contribution in [0.2, 0.25) is 0 Å². The Morgan fingerprint density at radius 2 is 2.00 bits per heavy atom. The van der Waals surface area contributed by atoms with Crippen molar-refractivity contribution in [3.63, 3.8) is 0 Å².